The molecule has 0 fully saturated rings. The maximum Gasteiger partial charge on any atom is 0.327 e. The number of carbonyl (C=O) groups is 2. The zero-order valence-electron chi connectivity index (χ0n) is 8.65. The highest BCUT2D eigenvalue weighted by molar-refractivity contribution is 5.70. The van der Waals surface area contributed by atoms with Gasteiger partial charge in [0.1, 0.15) is 0 Å². The van der Waals surface area contributed by atoms with Gasteiger partial charge in [-0.05, 0) is 0 Å². The standard InChI is InChI=1S/C9H14O6/c1-3-7(11)14-5-6(10)9(13)15-8(12)4-2/h10,13H,3-5H2,1-2H3/b9-6+. The lowest BCUT2D eigenvalue weighted by atomic mass is 10.5. The van der Waals surface area contributed by atoms with Crippen molar-refractivity contribution in [2.45, 2.75) is 26.7 Å². The predicted octanol–water partition coefficient (Wildman–Crippen LogP) is 1.18. The minimum Gasteiger partial charge on any atom is -0.503 e. The van der Waals surface area contributed by atoms with Gasteiger partial charge in [0.05, 0.1) is 0 Å². The van der Waals surface area contributed by atoms with Gasteiger partial charge >= 0.3 is 17.9 Å². The zero-order chi connectivity index (χ0) is 11.8. The van der Waals surface area contributed by atoms with Gasteiger partial charge in [0.25, 0.3) is 0 Å². The molecule has 0 rings (SSSR count). The van der Waals surface area contributed by atoms with E-state index in [1.54, 1.807) is 6.92 Å². The van der Waals surface area contributed by atoms with Crippen LogP contribution >= 0.6 is 0 Å². The maximum atomic E-state index is 10.7. The van der Waals surface area contributed by atoms with Gasteiger partial charge in [-0.1, -0.05) is 13.8 Å². The Labute approximate surface area is 87.1 Å². The molecule has 0 aromatic rings. The number of hydrogen-bond acceptors (Lipinski definition) is 6. The van der Waals surface area contributed by atoms with Crippen LogP contribution in [0.5, 0.6) is 0 Å². The molecule has 0 amide bonds. The first-order valence-corrected chi connectivity index (χ1v) is 4.48. The van der Waals surface area contributed by atoms with Crippen molar-refractivity contribution in [1.29, 1.82) is 0 Å². The molecule has 6 nitrogen and oxygen atoms in total. The highest BCUT2D eigenvalue weighted by atomic mass is 16.6. The van der Waals surface area contributed by atoms with Crippen LogP contribution in [0.1, 0.15) is 26.7 Å². The number of esters is 2. The van der Waals surface area contributed by atoms with Crippen molar-refractivity contribution in [3.63, 3.8) is 0 Å². The van der Waals surface area contributed by atoms with E-state index in [1.807, 2.05) is 0 Å². The lowest BCUT2D eigenvalue weighted by Crippen LogP contribution is -2.10. The first-order valence-electron chi connectivity index (χ1n) is 4.48. The Bertz CT molecular complexity index is 268. The van der Waals surface area contributed by atoms with E-state index >= 15 is 0 Å². The average molecular weight is 218 g/mol. The van der Waals surface area contributed by atoms with Crippen LogP contribution in [0.3, 0.4) is 0 Å². The molecule has 0 aliphatic heterocycles. The molecule has 0 saturated heterocycles. The smallest absolute Gasteiger partial charge is 0.327 e. The summed E-state index contributed by atoms with van der Waals surface area (Å²) in [4.78, 5) is 21.4. The predicted molar refractivity (Wildman–Crippen MR) is 49.9 cm³/mol. The zero-order valence-corrected chi connectivity index (χ0v) is 8.65. The molecule has 0 bridgehead atoms. The van der Waals surface area contributed by atoms with E-state index in [1.165, 1.54) is 6.92 Å². The summed E-state index contributed by atoms with van der Waals surface area (Å²) in [6, 6.07) is 0. The van der Waals surface area contributed by atoms with Gasteiger partial charge in [0.15, 0.2) is 6.61 Å². The Morgan fingerprint density at radius 1 is 1.07 bits per heavy atom. The molecule has 0 saturated carbocycles. The second kappa shape index (κ2) is 6.69. The molecule has 0 aliphatic carbocycles. The number of rotatable bonds is 5. The Balaban J connectivity index is 4.14. The Morgan fingerprint density at radius 2 is 1.60 bits per heavy atom. The van der Waals surface area contributed by atoms with Crippen LogP contribution in [0.15, 0.2) is 11.7 Å². The van der Waals surface area contributed by atoms with Crippen molar-refractivity contribution in [3.8, 4) is 0 Å². The third-order valence-corrected chi connectivity index (χ3v) is 1.40. The monoisotopic (exact) mass is 218 g/mol. The summed E-state index contributed by atoms with van der Waals surface area (Å²) < 4.78 is 8.77. The van der Waals surface area contributed by atoms with Gasteiger partial charge in [-0.25, -0.2) is 0 Å². The molecule has 0 aromatic carbocycles. The molecule has 0 aromatic heterocycles. The van der Waals surface area contributed by atoms with Gasteiger partial charge < -0.3 is 19.7 Å². The molecule has 86 valence electrons. The number of aliphatic hydroxyl groups is 2. The normalized spacial score (nSPS) is 11.6. The highest BCUT2D eigenvalue weighted by Gasteiger charge is 2.11. The van der Waals surface area contributed by atoms with Crippen LogP contribution in [0, 0.1) is 0 Å². The van der Waals surface area contributed by atoms with Crippen LogP contribution in [0.4, 0.5) is 0 Å². The minimum atomic E-state index is -0.939. The Hall–Kier alpha value is -1.72. The van der Waals surface area contributed by atoms with Crippen LogP contribution < -0.4 is 0 Å². The van der Waals surface area contributed by atoms with Crippen molar-refractivity contribution in [3.05, 3.63) is 11.7 Å². The van der Waals surface area contributed by atoms with E-state index in [9.17, 15) is 9.59 Å². The average Bonchev–Trinajstić information content (AvgIpc) is 2.24. The minimum absolute atomic E-state index is 0.0616. The SMILES string of the molecule is CCC(=O)OC/C(O)=C(/O)OC(=O)CC. The van der Waals surface area contributed by atoms with Gasteiger partial charge in [0, 0.05) is 12.8 Å². The number of aliphatic hydroxyl groups excluding tert-OH is 2. The molecular formula is C9H14O6. The van der Waals surface area contributed by atoms with E-state index in [-0.39, 0.29) is 12.8 Å². The van der Waals surface area contributed by atoms with Crippen LogP contribution in [0.25, 0.3) is 0 Å². The molecule has 15 heavy (non-hydrogen) atoms. The van der Waals surface area contributed by atoms with E-state index in [2.05, 4.69) is 9.47 Å². The summed E-state index contributed by atoms with van der Waals surface area (Å²) in [5.74, 6) is -2.86. The second-order valence-corrected chi connectivity index (χ2v) is 2.59. The van der Waals surface area contributed by atoms with E-state index in [0.717, 1.165) is 0 Å². The Kier molecular flexibility index (Phi) is 5.92. The third-order valence-electron chi connectivity index (χ3n) is 1.40. The van der Waals surface area contributed by atoms with Gasteiger partial charge in [-0.3, -0.25) is 9.59 Å². The molecular weight excluding hydrogens is 204 g/mol. The highest BCUT2D eigenvalue weighted by Crippen LogP contribution is 2.02. The molecule has 0 atom stereocenters. The van der Waals surface area contributed by atoms with Crippen LogP contribution in [-0.4, -0.2) is 28.8 Å². The lowest BCUT2D eigenvalue weighted by Gasteiger charge is -2.05. The van der Waals surface area contributed by atoms with Crippen molar-refractivity contribution in [2.75, 3.05) is 6.61 Å². The Morgan fingerprint density at radius 3 is 2.07 bits per heavy atom. The summed E-state index contributed by atoms with van der Waals surface area (Å²) >= 11 is 0. The molecule has 6 heteroatoms. The first-order chi connectivity index (χ1) is 7.01. The molecule has 0 spiro atoms. The summed E-state index contributed by atoms with van der Waals surface area (Å²) in [5.41, 5.74) is 0. The number of carbonyl (C=O) groups excluding carboxylic acids is 2. The lowest BCUT2D eigenvalue weighted by molar-refractivity contribution is -0.144. The molecule has 0 heterocycles. The topological polar surface area (TPSA) is 93.1 Å². The first kappa shape index (κ1) is 13.3. The van der Waals surface area contributed by atoms with E-state index in [0.29, 0.717) is 0 Å². The summed E-state index contributed by atoms with van der Waals surface area (Å²) in [5, 5.41) is 18.1. The number of hydrogen-bond donors (Lipinski definition) is 2. The van der Waals surface area contributed by atoms with Gasteiger partial charge in [-0.2, -0.15) is 0 Å². The van der Waals surface area contributed by atoms with Crippen molar-refractivity contribution < 1.29 is 29.3 Å². The van der Waals surface area contributed by atoms with Gasteiger partial charge in [-0.15, -0.1) is 0 Å². The van der Waals surface area contributed by atoms with Crippen molar-refractivity contribution in [1.82, 2.24) is 0 Å². The molecule has 2 N–H and O–H groups in total. The number of ether oxygens (including phenoxy) is 2. The van der Waals surface area contributed by atoms with Gasteiger partial charge in [0.2, 0.25) is 5.76 Å². The largest absolute Gasteiger partial charge is 0.503 e. The van der Waals surface area contributed by atoms with Crippen molar-refractivity contribution >= 4 is 11.9 Å². The molecule has 0 radical (unpaired) electrons. The van der Waals surface area contributed by atoms with E-state index in [4.69, 9.17) is 10.2 Å². The summed E-state index contributed by atoms with van der Waals surface area (Å²) in [7, 11) is 0. The fourth-order valence-electron chi connectivity index (χ4n) is 0.552. The quantitative estimate of drug-likeness (QED) is 0.531. The second-order valence-electron chi connectivity index (χ2n) is 2.59. The summed E-state index contributed by atoms with van der Waals surface area (Å²) in [6.45, 7) is 2.60. The third kappa shape index (κ3) is 5.56. The fourth-order valence-corrected chi connectivity index (χ4v) is 0.552. The fraction of sp³-hybridized carbons (Fsp3) is 0.556. The molecule has 0 aliphatic rings. The molecule has 0 unspecified atom stereocenters. The van der Waals surface area contributed by atoms with Crippen molar-refractivity contribution in [2.24, 2.45) is 0 Å². The summed E-state index contributed by atoms with van der Waals surface area (Å²) in [6.07, 6.45) is 0.217. The maximum absolute atomic E-state index is 10.7. The van der Waals surface area contributed by atoms with E-state index < -0.39 is 30.2 Å². The van der Waals surface area contributed by atoms with Crippen LogP contribution in [0.2, 0.25) is 0 Å². The van der Waals surface area contributed by atoms with Crippen LogP contribution in [-0.2, 0) is 19.1 Å².